The Hall–Kier alpha value is -2.77. The van der Waals surface area contributed by atoms with Crippen LogP contribution in [0.1, 0.15) is 29.6 Å². The second-order valence-corrected chi connectivity index (χ2v) is 5.62. The number of likely N-dealkylation sites (tertiary alicyclic amines) is 1. The number of benzene rings is 1. The van der Waals surface area contributed by atoms with Crippen LogP contribution in [0.25, 0.3) is 0 Å². The summed E-state index contributed by atoms with van der Waals surface area (Å²) in [5, 5.41) is 0. The van der Waals surface area contributed by atoms with Crippen LogP contribution in [0.15, 0.2) is 18.2 Å². The van der Waals surface area contributed by atoms with E-state index >= 15 is 0 Å². The third-order valence-electron chi connectivity index (χ3n) is 4.10. The van der Waals surface area contributed by atoms with Gasteiger partial charge >= 0.3 is 5.97 Å². The van der Waals surface area contributed by atoms with Crippen molar-refractivity contribution in [2.75, 3.05) is 27.4 Å². The number of esters is 1. The van der Waals surface area contributed by atoms with E-state index in [1.54, 1.807) is 12.1 Å². The second-order valence-electron chi connectivity index (χ2n) is 5.62. The molecule has 1 heterocycles. The summed E-state index contributed by atoms with van der Waals surface area (Å²) >= 11 is 0. The molecule has 8 heteroatoms. The monoisotopic (exact) mass is 350 g/mol. The van der Waals surface area contributed by atoms with Gasteiger partial charge in [-0.1, -0.05) is 6.07 Å². The van der Waals surface area contributed by atoms with Crippen LogP contribution in [0.3, 0.4) is 0 Å². The molecule has 1 aliphatic heterocycles. The van der Waals surface area contributed by atoms with Crippen molar-refractivity contribution >= 4 is 17.8 Å². The molecule has 0 bridgehead atoms. The minimum Gasteiger partial charge on any atom is -0.493 e. The number of nitrogens with zero attached hydrogens (tertiary/aromatic N) is 1. The molecule has 1 fully saturated rings. The van der Waals surface area contributed by atoms with Gasteiger partial charge in [-0.15, -0.1) is 0 Å². The Balaban J connectivity index is 2.04. The van der Waals surface area contributed by atoms with Gasteiger partial charge in [-0.3, -0.25) is 9.59 Å². The van der Waals surface area contributed by atoms with Crippen molar-refractivity contribution in [1.82, 2.24) is 4.90 Å². The largest absolute Gasteiger partial charge is 0.493 e. The fourth-order valence-corrected chi connectivity index (χ4v) is 2.86. The second kappa shape index (κ2) is 8.36. The van der Waals surface area contributed by atoms with Crippen LogP contribution in [0.5, 0.6) is 11.5 Å². The van der Waals surface area contributed by atoms with Crippen LogP contribution in [0.2, 0.25) is 0 Å². The van der Waals surface area contributed by atoms with E-state index in [0.29, 0.717) is 18.7 Å². The maximum Gasteiger partial charge on any atom is 0.342 e. The summed E-state index contributed by atoms with van der Waals surface area (Å²) < 4.78 is 15.4. The number of carbonyl (C=O) groups excluding carboxylic acids is 3. The molecule has 0 radical (unpaired) electrons. The lowest BCUT2D eigenvalue weighted by atomic mass is 10.0. The molecule has 0 aliphatic carbocycles. The van der Waals surface area contributed by atoms with Crippen molar-refractivity contribution in [1.29, 1.82) is 0 Å². The number of rotatable bonds is 6. The summed E-state index contributed by atoms with van der Waals surface area (Å²) in [5.74, 6) is -1.09. The number of nitrogens with two attached hydrogens (primary N) is 1. The molecule has 2 rings (SSSR count). The number of carbonyl (C=O) groups is 3. The van der Waals surface area contributed by atoms with Gasteiger partial charge in [0.05, 0.1) is 14.2 Å². The predicted molar refractivity (Wildman–Crippen MR) is 88.4 cm³/mol. The SMILES string of the molecule is COc1cccc(C(=O)OCC(=O)N2CCCC[C@H]2C(N)=O)c1OC. The zero-order valence-corrected chi connectivity index (χ0v) is 14.3. The van der Waals surface area contributed by atoms with Crippen LogP contribution in [-0.4, -0.2) is 56.1 Å². The van der Waals surface area contributed by atoms with Crippen molar-refractivity contribution in [3.05, 3.63) is 23.8 Å². The van der Waals surface area contributed by atoms with Crippen molar-refractivity contribution in [2.45, 2.75) is 25.3 Å². The first-order valence-corrected chi connectivity index (χ1v) is 7.96. The number of amides is 2. The Morgan fingerprint density at radius 3 is 2.60 bits per heavy atom. The highest BCUT2D eigenvalue weighted by Crippen LogP contribution is 2.31. The Labute approximate surface area is 145 Å². The van der Waals surface area contributed by atoms with Crippen molar-refractivity contribution < 1.29 is 28.6 Å². The van der Waals surface area contributed by atoms with E-state index in [2.05, 4.69) is 0 Å². The van der Waals surface area contributed by atoms with E-state index in [9.17, 15) is 14.4 Å². The predicted octanol–water partition coefficient (Wildman–Crippen LogP) is 0.727. The maximum absolute atomic E-state index is 12.3. The average Bonchev–Trinajstić information content (AvgIpc) is 2.64. The molecular weight excluding hydrogens is 328 g/mol. The van der Waals surface area contributed by atoms with Gasteiger partial charge in [0.1, 0.15) is 11.6 Å². The van der Waals surface area contributed by atoms with E-state index in [4.69, 9.17) is 19.9 Å². The lowest BCUT2D eigenvalue weighted by Crippen LogP contribution is -2.51. The minimum absolute atomic E-state index is 0.153. The molecule has 0 aromatic heterocycles. The molecule has 0 unspecified atom stereocenters. The highest BCUT2D eigenvalue weighted by atomic mass is 16.5. The van der Waals surface area contributed by atoms with Crippen LogP contribution in [-0.2, 0) is 14.3 Å². The van der Waals surface area contributed by atoms with Gasteiger partial charge in [-0.2, -0.15) is 0 Å². The topological polar surface area (TPSA) is 108 Å². The van der Waals surface area contributed by atoms with Crippen LogP contribution >= 0.6 is 0 Å². The minimum atomic E-state index is -0.711. The number of para-hydroxylation sites is 1. The number of ether oxygens (including phenoxy) is 3. The summed E-state index contributed by atoms with van der Waals surface area (Å²) in [6, 6.07) is 4.13. The first-order chi connectivity index (χ1) is 12.0. The van der Waals surface area contributed by atoms with E-state index in [1.807, 2.05) is 0 Å². The average molecular weight is 350 g/mol. The lowest BCUT2D eigenvalue weighted by Gasteiger charge is -2.33. The maximum atomic E-state index is 12.3. The zero-order valence-electron chi connectivity index (χ0n) is 14.3. The smallest absolute Gasteiger partial charge is 0.342 e. The van der Waals surface area contributed by atoms with E-state index in [1.165, 1.54) is 25.2 Å². The number of methoxy groups -OCH3 is 2. The van der Waals surface area contributed by atoms with E-state index < -0.39 is 30.4 Å². The Bertz CT molecular complexity index is 661. The van der Waals surface area contributed by atoms with Gasteiger partial charge in [0, 0.05) is 6.54 Å². The third kappa shape index (κ3) is 4.20. The number of hydrogen-bond acceptors (Lipinski definition) is 6. The van der Waals surface area contributed by atoms with Crippen LogP contribution in [0, 0.1) is 0 Å². The third-order valence-corrected chi connectivity index (χ3v) is 4.10. The first kappa shape index (κ1) is 18.6. The molecule has 1 aromatic carbocycles. The Kier molecular flexibility index (Phi) is 6.21. The highest BCUT2D eigenvalue weighted by molar-refractivity contribution is 5.95. The Morgan fingerprint density at radius 2 is 1.96 bits per heavy atom. The van der Waals surface area contributed by atoms with Crippen LogP contribution in [0.4, 0.5) is 0 Å². The van der Waals surface area contributed by atoms with E-state index in [-0.39, 0.29) is 11.3 Å². The molecule has 0 spiro atoms. The molecule has 1 aliphatic rings. The Morgan fingerprint density at radius 1 is 1.20 bits per heavy atom. The molecule has 1 saturated heterocycles. The fourth-order valence-electron chi connectivity index (χ4n) is 2.86. The van der Waals surface area contributed by atoms with Gasteiger partial charge < -0.3 is 24.8 Å². The number of primary amides is 1. The molecule has 8 nitrogen and oxygen atoms in total. The quantitative estimate of drug-likeness (QED) is 0.758. The number of piperidine rings is 1. The molecule has 1 aromatic rings. The molecule has 2 amide bonds. The standard InChI is InChI=1S/C17H22N2O6/c1-23-13-8-5-6-11(15(13)24-2)17(22)25-10-14(20)19-9-4-3-7-12(19)16(18)21/h5-6,8,12H,3-4,7,9-10H2,1-2H3,(H2,18,21)/t12-/m0/s1. The summed E-state index contributed by atoms with van der Waals surface area (Å²) in [5.41, 5.74) is 5.49. The summed E-state index contributed by atoms with van der Waals surface area (Å²) in [6.07, 6.45) is 2.14. The fraction of sp³-hybridized carbons (Fsp3) is 0.471. The van der Waals surface area contributed by atoms with Crippen molar-refractivity contribution in [3.8, 4) is 11.5 Å². The van der Waals surface area contributed by atoms with Gasteiger partial charge in [0.25, 0.3) is 5.91 Å². The van der Waals surface area contributed by atoms with Crippen molar-refractivity contribution in [3.63, 3.8) is 0 Å². The normalized spacial score (nSPS) is 16.9. The molecule has 0 saturated carbocycles. The number of hydrogen-bond donors (Lipinski definition) is 1. The zero-order chi connectivity index (χ0) is 18.4. The molecule has 136 valence electrons. The first-order valence-electron chi connectivity index (χ1n) is 7.96. The van der Waals surface area contributed by atoms with Gasteiger partial charge in [0.2, 0.25) is 5.91 Å². The van der Waals surface area contributed by atoms with Crippen molar-refractivity contribution in [2.24, 2.45) is 5.73 Å². The van der Waals surface area contributed by atoms with Crippen LogP contribution < -0.4 is 15.2 Å². The summed E-state index contributed by atoms with van der Waals surface area (Å²) in [7, 11) is 2.86. The van der Waals surface area contributed by atoms with Gasteiger partial charge in [-0.05, 0) is 31.4 Å². The van der Waals surface area contributed by atoms with Gasteiger partial charge in [0.15, 0.2) is 18.1 Å². The summed E-state index contributed by atoms with van der Waals surface area (Å²) in [6.45, 7) is -0.0462. The molecule has 1 atom stereocenters. The highest BCUT2D eigenvalue weighted by Gasteiger charge is 2.31. The van der Waals surface area contributed by atoms with E-state index in [0.717, 1.165) is 12.8 Å². The van der Waals surface area contributed by atoms with Gasteiger partial charge in [-0.25, -0.2) is 4.79 Å². The molecule has 25 heavy (non-hydrogen) atoms. The molecule has 2 N–H and O–H groups in total. The lowest BCUT2D eigenvalue weighted by molar-refractivity contribution is -0.143. The molecular formula is C17H22N2O6. The summed E-state index contributed by atoms with van der Waals surface area (Å²) in [4.78, 5) is 37.4.